The van der Waals surface area contributed by atoms with Crippen LogP contribution in [0.1, 0.15) is 43.9 Å². The molecule has 21 heavy (non-hydrogen) atoms. The lowest BCUT2D eigenvalue weighted by atomic mass is 10.1. The average molecular weight is 287 g/mol. The van der Waals surface area contributed by atoms with Gasteiger partial charge in [0.1, 0.15) is 5.75 Å². The number of halogens is 1. The molecule has 2 aromatic carbocycles. The number of benzene rings is 2. The minimum atomic E-state index is -0.389. The molecule has 0 bridgehead atoms. The Hall–Kier alpha value is -1.87. The maximum Gasteiger partial charge on any atom is 0.166 e. The van der Waals surface area contributed by atoms with Crippen molar-refractivity contribution in [3.05, 3.63) is 59.4 Å². The molecule has 0 aliphatic heterocycles. The minimum Gasteiger partial charge on any atom is -0.454 e. The van der Waals surface area contributed by atoms with E-state index in [-0.39, 0.29) is 17.6 Å². The zero-order chi connectivity index (χ0) is 15.2. The second-order valence-electron chi connectivity index (χ2n) is 5.33. The molecule has 112 valence electrons. The van der Waals surface area contributed by atoms with Crippen LogP contribution in [0.3, 0.4) is 0 Å². The van der Waals surface area contributed by atoms with Crippen molar-refractivity contribution in [2.45, 2.75) is 39.2 Å². The van der Waals surface area contributed by atoms with Crippen molar-refractivity contribution in [3.8, 4) is 11.5 Å². The first-order chi connectivity index (χ1) is 10.1. The first kappa shape index (κ1) is 15.5. The van der Waals surface area contributed by atoms with Crippen molar-refractivity contribution in [1.29, 1.82) is 0 Å². The number of unbranched alkanes of at least 4 members (excludes halogenated alkanes) is 1. The molecule has 0 amide bonds. The normalized spacial score (nSPS) is 12.2. The van der Waals surface area contributed by atoms with Crippen LogP contribution in [0.15, 0.2) is 42.5 Å². The molecule has 2 N–H and O–H groups in total. The van der Waals surface area contributed by atoms with Crippen LogP contribution in [-0.4, -0.2) is 0 Å². The largest absolute Gasteiger partial charge is 0.454 e. The summed E-state index contributed by atoms with van der Waals surface area (Å²) in [5.41, 5.74) is 7.77. The second kappa shape index (κ2) is 7.23. The molecular formula is C18H22FNO. The fourth-order valence-corrected chi connectivity index (χ4v) is 2.12. The van der Waals surface area contributed by atoms with Crippen molar-refractivity contribution >= 4 is 0 Å². The van der Waals surface area contributed by atoms with E-state index in [0.29, 0.717) is 5.75 Å². The van der Waals surface area contributed by atoms with Gasteiger partial charge in [-0.3, -0.25) is 0 Å². The van der Waals surface area contributed by atoms with Crippen molar-refractivity contribution < 1.29 is 9.13 Å². The van der Waals surface area contributed by atoms with Gasteiger partial charge in [0.25, 0.3) is 0 Å². The molecular weight excluding hydrogens is 265 g/mol. The van der Waals surface area contributed by atoms with E-state index in [4.69, 9.17) is 10.5 Å². The van der Waals surface area contributed by atoms with Crippen molar-refractivity contribution in [1.82, 2.24) is 0 Å². The van der Waals surface area contributed by atoms with Crippen molar-refractivity contribution in [2.75, 3.05) is 0 Å². The Bertz CT molecular complexity index is 578. The van der Waals surface area contributed by atoms with Crippen molar-refractivity contribution in [3.63, 3.8) is 0 Å². The number of hydrogen-bond donors (Lipinski definition) is 1. The molecule has 3 heteroatoms. The Morgan fingerprint density at radius 2 is 1.86 bits per heavy atom. The van der Waals surface area contributed by atoms with Crippen LogP contribution in [-0.2, 0) is 6.42 Å². The molecule has 2 nitrogen and oxygen atoms in total. The van der Waals surface area contributed by atoms with Gasteiger partial charge < -0.3 is 10.5 Å². The van der Waals surface area contributed by atoms with Gasteiger partial charge in [-0.2, -0.15) is 0 Å². The van der Waals surface area contributed by atoms with Gasteiger partial charge in [-0.25, -0.2) is 4.39 Å². The summed E-state index contributed by atoms with van der Waals surface area (Å²) in [7, 11) is 0. The van der Waals surface area contributed by atoms with E-state index in [1.165, 1.54) is 24.5 Å². The summed E-state index contributed by atoms with van der Waals surface area (Å²) in [6.45, 7) is 4.00. The molecule has 0 heterocycles. The van der Waals surface area contributed by atoms with Crippen LogP contribution in [0.4, 0.5) is 4.39 Å². The standard InChI is InChI=1S/C18H22FNO/c1-3-4-5-14-6-9-16(10-7-14)21-18-11-8-15(13(2)20)12-17(18)19/h6-13H,3-5,20H2,1-2H3/t13-/m1/s1. The van der Waals surface area contributed by atoms with E-state index in [0.717, 1.165) is 12.0 Å². The van der Waals surface area contributed by atoms with Crippen LogP contribution < -0.4 is 10.5 Å². The lowest BCUT2D eigenvalue weighted by Gasteiger charge is -2.10. The quantitative estimate of drug-likeness (QED) is 0.813. The predicted octanol–water partition coefficient (Wildman–Crippen LogP) is 4.98. The molecule has 2 aromatic rings. The zero-order valence-electron chi connectivity index (χ0n) is 12.6. The van der Waals surface area contributed by atoms with E-state index >= 15 is 0 Å². The molecule has 0 spiro atoms. The fourth-order valence-electron chi connectivity index (χ4n) is 2.12. The zero-order valence-corrected chi connectivity index (χ0v) is 12.6. The Morgan fingerprint density at radius 1 is 1.14 bits per heavy atom. The van der Waals surface area contributed by atoms with Crippen molar-refractivity contribution in [2.24, 2.45) is 5.73 Å². The van der Waals surface area contributed by atoms with Gasteiger partial charge in [0.05, 0.1) is 0 Å². The summed E-state index contributed by atoms with van der Waals surface area (Å²) in [5.74, 6) is 0.475. The SMILES string of the molecule is CCCCc1ccc(Oc2ccc([C@@H](C)N)cc2F)cc1. The average Bonchev–Trinajstić information content (AvgIpc) is 2.48. The summed E-state index contributed by atoms with van der Waals surface area (Å²) in [6, 6.07) is 12.5. The van der Waals surface area contributed by atoms with Crippen LogP contribution in [0.5, 0.6) is 11.5 Å². The van der Waals surface area contributed by atoms with Gasteiger partial charge in [-0.15, -0.1) is 0 Å². The molecule has 1 atom stereocenters. The fraction of sp³-hybridized carbons (Fsp3) is 0.333. The number of hydrogen-bond acceptors (Lipinski definition) is 2. The highest BCUT2D eigenvalue weighted by atomic mass is 19.1. The highest BCUT2D eigenvalue weighted by Crippen LogP contribution is 2.26. The topological polar surface area (TPSA) is 35.2 Å². The highest BCUT2D eigenvalue weighted by molar-refractivity contribution is 5.36. The minimum absolute atomic E-state index is 0.189. The van der Waals surface area contributed by atoms with Gasteiger partial charge in [0.15, 0.2) is 11.6 Å². The van der Waals surface area contributed by atoms with Gasteiger partial charge >= 0.3 is 0 Å². The third kappa shape index (κ3) is 4.30. The van der Waals surface area contributed by atoms with E-state index in [1.807, 2.05) is 31.2 Å². The molecule has 0 aliphatic carbocycles. The van der Waals surface area contributed by atoms with Crippen LogP contribution in [0, 0.1) is 5.82 Å². The van der Waals surface area contributed by atoms with Gasteiger partial charge in [0, 0.05) is 6.04 Å². The summed E-state index contributed by atoms with van der Waals surface area (Å²) in [4.78, 5) is 0. The molecule has 0 saturated heterocycles. The Kier molecular flexibility index (Phi) is 5.34. The van der Waals surface area contributed by atoms with Crippen LogP contribution >= 0.6 is 0 Å². The molecule has 0 aromatic heterocycles. The first-order valence-corrected chi connectivity index (χ1v) is 7.42. The lowest BCUT2D eigenvalue weighted by molar-refractivity contribution is 0.441. The highest BCUT2D eigenvalue weighted by Gasteiger charge is 2.08. The number of rotatable bonds is 6. The Balaban J connectivity index is 2.07. The van der Waals surface area contributed by atoms with Gasteiger partial charge in [-0.05, 0) is 55.2 Å². The third-order valence-electron chi connectivity index (χ3n) is 3.45. The number of aryl methyl sites for hydroxylation is 1. The molecule has 0 radical (unpaired) electrons. The predicted molar refractivity (Wildman–Crippen MR) is 84.1 cm³/mol. The lowest BCUT2D eigenvalue weighted by Crippen LogP contribution is -2.05. The van der Waals surface area contributed by atoms with Crippen LogP contribution in [0.2, 0.25) is 0 Å². The summed E-state index contributed by atoms with van der Waals surface area (Å²) in [6.07, 6.45) is 3.41. The van der Waals surface area contributed by atoms with Gasteiger partial charge in [-0.1, -0.05) is 31.5 Å². The Morgan fingerprint density at radius 3 is 2.43 bits per heavy atom. The van der Waals surface area contributed by atoms with Gasteiger partial charge in [0.2, 0.25) is 0 Å². The molecule has 0 unspecified atom stereocenters. The first-order valence-electron chi connectivity index (χ1n) is 7.42. The summed E-state index contributed by atoms with van der Waals surface area (Å²) >= 11 is 0. The maximum absolute atomic E-state index is 14.0. The molecule has 2 rings (SSSR count). The Labute approximate surface area is 125 Å². The summed E-state index contributed by atoms with van der Waals surface area (Å²) < 4.78 is 19.5. The second-order valence-corrected chi connectivity index (χ2v) is 5.33. The maximum atomic E-state index is 14.0. The molecule has 0 fully saturated rings. The van der Waals surface area contributed by atoms with E-state index in [2.05, 4.69) is 6.92 Å². The molecule has 0 aliphatic rings. The summed E-state index contributed by atoms with van der Waals surface area (Å²) in [5, 5.41) is 0. The molecule has 0 saturated carbocycles. The monoisotopic (exact) mass is 287 g/mol. The van der Waals surface area contributed by atoms with Crippen LogP contribution in [0.25, 0.3) is 0 Å². The van der Waals surface area contributed by atoms with E-state index in [1.54, 1.807) is 12.1 Å². The smallest absolute Gasteiger partial charge is 0.166 e. The van der Waals surface area contributed by atoms with E-state index in [9.17, 15) is 4.39 Å². The number of ether oxygens (including phenoxy) is 1. The third-order valence-corrected chi connectivity index (χ3v) is 3.45. The van der Waals surface area contributed by atoms with E-state index < -0.39 is 0 Å². The number of nitrogens with two attached hydrogens (primary N) is 1.